The van der Waals surface area contributed by atoms with Crippen LogP contribution in [-0.4, -0.2) is 68.0 Å². The summed E-state index contributed by atoms with van der Waals surface area (Å²) < 4.78 is 18.2. The van der Waals surface area contributed by atoms with E-state index in [9.17, 15) is 4.79 Å². The summed E-state index contributed by atoms with van der Waals surface area (Å²) in [6, 6.07) is 8.23. The molecule has 2 saturated carbocycles. The Morgan fingerprint density at radius 3 is 2.66 bits per heavy atom. The van der Waals surface area contributed by atoms with Crippen molar-refractivity contribution in [1.29, 1.82) is 0 Å². The summed E-state index contributed by atoms with van der Waals surface area (Å²) in [5.74, 6) is 2.30. The maximum absolute atomic E-state index is 13.3. The quantitative estimate of drug-likeness (QED) is 0.529. The smallest absolute Gasteiger partial charge is 0.311 e. The minimum atomic E-state index is -0.369. The lowest BCUT2D eigenvalue weighted by atomic mass is 9.55. The normalized spacial score (nSPS) is 43.2. The molecule has 5 aliphatic rings. The summed E-state index contributed by atoms with van der Waals surface area (Å²) in [6.45, 7) is 9.19. The molecule has 1 aromatic rings. The predicted octanol–water partition coefficient (Wildman–Crippen LogP) is 3.34. The molecule has 174 valence electrons. The fourth-order valence-electron chi connectivity index (χ4n) is 7.60. The third-order valence-electron chi connectivity index (χ3n) is 9.34. The highest BCUT2D eigenvalue weighted by molar-refractivity contribution is 5.77. The molecule has 0 radical (unpaired) electrons. The molecule has 6 rings (SSSR count). The highest BCUT2D eigenvalue weighted by atomic mass is 16.7. The molecular formula is C26H36N2O4. The number of fused-ring (bicyclic) bond motifs is 1. The molecule has 0 N–H and O–H groups in total. The zero-order valence-corrected chi connectivity index (χ0v) is 19.6. The summed E-state index contributed by atoms with van der Waals surface area (Å²) in [5.41, 5.74) is 0.720. The summed E-state index contributed by atoms with van der Waals surface area (Å²) >= 11 is 0. The van der Waals surface area contributed by atoms with Crippen LogP contribution in [0.4, 0.5) is 5.69 Å². The number of para-hydroxylation sites is 2. The van der Waals surface area contributed by atoms with Crippen molar-refractivity contribution in [3.05, 3.63) is 24.3 Å². The first kappa shape index (κ1) is 20.8. The molecule has 1 spiro atoms. The first-order chi connectivity index (χ1) is 15.5. The average Bonchev–Trinajstić information content (AvgIpc) is 3.44. The van der Waals surface area contributed by atoms with Gasteiger partial charge in [-0.2, -0.15) is 0 Å². The SMILES string of the molecule is COc1ccccc1N1CCN(CC2C(=O)O[C@@]34[C@H]2CC[C@@H](C)[C@@H]3CC[C@@]2(C)O[C@@H]42)CC1. The van der Waals surface area contributed by atoms with Gasteiger partial charge in [0.15, 0.2) is 0 Å². The van der Waals surface area contributed by atoms with Gasteiger partial charge in [-0.15, -0.1) is 0 Å². The van der Waals surface area contributed by atoms with Gasteiger partial charge < -0.3 is 19.1 Å². The lowest BCUT2D eigenvalue weighted by molar-refractivity contribution is -0.168. The van der Waals surface area contributed by atoms with Crippen LogP contribution >= 0.6 is 0 Å². The van der Waals surface area contributed by atoms with Crippen molar-refractivity contribution in [1.82, 2.24) is 4.90 Å². The van der Waals surface area contributed by atoms with Crippen LogP contribution < -0.4 is 9.64 Å². The Kier molecular flexibility index (Phi) is 4.78. The zero-order chi connectivity index (χ0) is 22.1. The molecular weight excluding hydrogens is 404 g/mol. The van der Waals surface area contributed by atoms with Crippen LogP contribution in [0.1, 0.15) is 39.5 Å². The maximum atomic E-state index is 13.3. The van der Waals surface area contributed by atoms with E-state index in [0.29, 0.717) is 17.8 Å². The molecule has 0 aromatic heterocycles. The number of anilines is 1. The van der Waals surface area contributed by atoms with Crippen LogP contribution in [0.25, 0.3) is 0 Å². The van der Waals surface area contributed by atoms with Crippen molar-refractivity contribution < 1.29 is 19.0 Å². The largest absolute Gasteiger partial charge is 0.495 e. The minimum absolute atomic E-state index is 0.0191. The van der Waals surface area contributed by atoms with Crippen molar-refractivity contribution >= 4 is 11.7 Å². The van der Waals surface area contributed by atoms with E-state index < -0.39 is 0 Å². The van der Waals surface area contributed by atoms with E-state index in [0.717, 1.165) is 63.4 Å². The molecule has 6 nitrogen and oxygen atoms in total. The molecule has 3 aliphatic heterocycles. The second-order valence-corrected chi connectivity index (χ2v) is 11.0. The minimum Gasteiger partial charge on any atom is -0.495 e. The van der Waals surface area contributed by atoms with E-state index in [1.807, 2.05) is 12.1 Å². The monoisotopic (exact) mass is 440 g/mol. The second kappa shape index (κ2) is 7.36. The van der Waals surface area contributed by atoms with Gasteiger partial charge in [-0.1, -0.05) is 19.1 Å². The third-order valence-corrected chi connectivity index (χ3v) is 9.34. The third kappa shape index (κ3) is 2.95. The summed E-state index contributed by atoms with van der Waals surface area (Å²) in [4.78, 5) is 18.1. The molecule has 0 bridgehead atoms. The first-order valence-corrected chi connectivity index (χ1v) is 12.5. The van der Waals surface area contributed by atoms with Crippen molar-refractivity contribution in [2.45, 2.75) is 56.8 Å². The molecule has 0 amide bonds. The number of carbonyl (C=O) groups is 1. The van der Waals surface area contributed by atoms with Gasteiger partial charge in [-0.05, 0) is 50.7 Å². The van der Waals surface area contributed by atoms with Gasteiger partial charge in [-0.25, -0.2) is 0 Å². The standard InChI is InChI=1S/C26H36N2O4/c1-17-8-9-20-18(23(29)31-26(20)19(17)10-11-25(2)24(26)32-25)16-27-12-14-28(15-13-27)21-6-4-5-7-22(21)30-3/h4-7,17-20,24H,8-16H2,1-3H3/t17-,18?,19+,20+,24-,25-,26-/m1/s1. The fraction of sp³-hybridized carbons (Fsp3) is 0.731. The Bertz CT molecular complexity index is 900. The number of epoxide rings is 1. The number of ether oxygens (including phenoxy) is 3. The zero-order valence-electron chi connectivity index (χ0n) is 19.6. The molecule has 3 saturated heterocycles. The Morgan fingerprint density at radius 2 is 1.88 bits per heavy atom. The summed E-state index contributed by atoms with van der Waals surface area (Å²) in [7, 11) is 1.73. The maximum Gasteiger partial charge on any atom is 0.311 e. The Balaban J connectivity index is 1.17. The highest BCUT2D eigenvalue weighted by Gasteiger charge is 2.77. The van der Waals surface area contributed by atoms with Crippen LogP contribution in [0.2, 0.25) is 0 Å². The Hall–Kier alpha value is -1.79. The molecule has 5 fully saturated rings. The predicted molar refractivity (Wildman–Crippen MR) is 122 cm³/mol. The number of methoxy groups -OCH3 is 1. The van der Waals surface area contributed by atoms with Gasteiger partial charge in [0.05, 0.1) is 24.3 Å². The van der Waals surface area contributed by atoms with E-state index in [-0.39, 0.29) is 29.2 Å². The van der Waals surface area contributed by atoms with Gasteiger partial charge in [0, 0.05) is 44.6 Å². The van der Waals surface area contributed by atoms with Gasteiger partial charge >= 0.3 is 5.97 Å². The molecule has 7 atom stereocenters. The van der Waals surface area contributed by atoms with Crippen LogP contribution in [0.5, 0.6) is 5.75 Å². The molecule has 1 aromatic carbocycles. The van der Waals surface area contributed by atoms with Crippen molar-refractivity contribution in [3.8, 4) is 5.75 Å². The van der Waals surface area contributed by atoms with Crippen LogP contribution in [-0.2, 0) is 14.3 Å². The van der Waals surface area contributed by atoms with Gasteiger partial charge in [0.2, 0.25) is 0 Å². The van der Waals surface area contributed by atoms with Crippen LogP contribution in [0, 0.1) is 23.7 Å². The fourth-order valence-corrected chi connectivity index (χ4v) is 7.60. The molecule has 32 heavy (non-hydrogen) atoms. The van der Waals surface area contributed by atoms with Gasteiger partial charge in [0.25, 0.3) is 0 Å². The van der Waals surface area contributed by atoms with E-state index in [1.54, 1.807) is 7.11 Å². The summed E-state index contributed by atoms with van der Waals surface area (Å²) in [6.07, 6.45) is 4.63. The van der Waals surface area contributed by atoms with Crippen molar-refractivity contribution in [2.24, 2.45) is 23.7 Å². The number of rotatable bonds is 4. The van der Waals surface area contributed by atoms with Crippen LogP contribution in [0.3, 0.4) is 0 Å². The molecule has 6 heteroatoms. The number of hydrogen-bond acceptors (Lipinski definition) is 6. The number of esters is 1. The van der Waals surface area contributed by atoms with E-state index in [4.69, 9.17) is 14.2 Å². The number of piperazine rings is 1. The van der Waals surface area contributed by atoms with Gasteiger partial charge in [0.1, 0.15) is 17.5 Å². The Labute approximate surface area is 191 Å². The first-order valence-electron chi connectivity index (χ1n) is 12.5. The average molecular weight is 441 g/mol. The molecule has 3 heterocycles. The number of nitrogens with zero attached hydrogens (tertiary/aromatic N) is 2. The highest BCUT2D eigenvalue weighted by Crippen LogP contribution is 2.66. The summed E-state index contributed by atoms with van der Waals surface area (Å²) in [5, 5.41) is 0. The number of carbonyl (C=O) groups excluding carboxylic acids is 1. The lowest BCUT2D eigenvalue weighted by Gasteiger charge is -2.50. The molecule has 2 aliphatic carbocycles. The Morgan fingerprint density at radius 1 is 1.09 bits per heavy atom. The van der Waals surface area contributed by atoms with E-state index in [2.05, 4.69) is 35.8 Å². The number of benzene rings is 1. The van der Waals surface area contributed by atoms with Crippen LogP contribution in [0.15, 0.2) is 24.3 Å². The second-order valence-electron chi connectivity index (χ2n) is 11.0. The van der Waals surface area contributed by atoms with E-state index >= 15 is 0 Å². The number of hydrogen-bond donors (Lipinski definition) is 0. The van der Waals surface area contributed by atoms with Crippen molar-refractivity contribution in [3.63, 3.8) is 0 Å². The molecule has 1 unspecified atom stereocenters. The van der Waals surface area contributed by atoms with Gasteiger partial charge in [-0.3, -0.25) is 9.69 Å². The van der Waals surface area contributed by atoms with Crippen molar-refractivity contribution in [2.75, 3.05) is 44.7 Å². The lowest BCUT2D eigenvalue weighted by Crippen LogP contribution is -2.58. The topological polar surface area (TPSA) is 54.5 Å². The van der Waals surface area contributed by atoms with E-state index in [1.165, 1.54) is 6.42 Å².